The lowest BCUT2D eigenvalue weighted by Gasteiger charge is -2.33. The number of rotatable bonds is 6. The van der Waals surface area contributed by atoms with Gasteiger partial charge in [0.05, 0.1) is 24.4 Å². The molecule has 168 valence electrons. The van der Waals surface area contributed by atoms with E-state index in [1.165, 1.54) is 11.6 Å². The minimum Gasteiger partial charge on any atom is -0.498 e. The number of allylic oxidation sites excluding steroid dienone is 1. The summed E-state index contributed by atoms with van der Waals surface area (Å²) < 4.78 is 55.6. The summed E-state index contributed by atoms with van der Waals surface area (Å²) in [6.07, 6.45) is 10.1. The first kappa shape index (κ1) is 22.0. The molecular weight excluding hydrogens is 401 g/mol. The average Bonchev–Trinajstić information content (AvgIpc) is 2.79. The van der Waals surface area contributed by atoms with Gasteiger partial charge in [-0.15, -0.1) is 0 Å². The summed E-state index contributed by atoms with van der Waals surface area (Å²) in [7, 11) is 0. The first-order chi connectivity index (χ1) is 15.0. The zero-order valence-electron chi connectivity index (χ0n) is 18.4. The molecule has 0 radical (unpaired) electrons. The predicted molar refractivity (Wildman–Crippen MR) is 117 cm³/mol. The number of fused-ring (bicyclic) bond motifs is 1. The van der Waals surface area contributed by atoms with Gasteiger partial charge in [0.2, 0.25) is 0 Å². The van der Waals surface area contributed by atoms with Crippen LogP contribution in [-0.2, 0) is 4.74 Å². The van der Waals surface area contributed by atoms with E-state index in [4.69, 9.17) is 9.47 Å². The molecule has 0 amide bonds. The van der Waals surface area contributed by atoms with Crippen molar-refractivity contribution in [1.29, 1.82) is 0 Å². The molecule has 1 unspecified atom stereocenters. The Morgan fingerprint density at radius 3 is 2.32 bits per heavy atom. The normalized spacial score (nSPS) is 24.0. The van der Waals surface area contributed by atoms with Crippen molar-refractivity contribution in [3.05, 3.63) is 53.0 Å². The molecule has 2 nitrogen and oxygen atoms in total. The SMILES string of the molecule is CCCC1CCC(C2CCC(c3cc4ccc(OCC)c(F)c4c(F)c3F)CC2)=CO1. The van der Waals surface area contributed by atoms with Crippen LogP contribution in [0.25, 0.3) is 10.8 Å². The molecule has 1 atom stereocenters. The first-order valence-corrected chi connectivity index (χ1v) is 11.6. The summed E-state index contributed by atoms with van der Waals surface area (Å²) in [5.74, 6) is -2.52. The third kappa shape index (κ3) is 4.42. The number of ether oxygens (including phenoxy) is 2. The van der Waals surface area contributed by atoms with Crippen LogP contribution in [0.15, 0.2) is 30.0 Å². The summed E-state index contributed by atoms with van der Waals surface area (Å²) in [4.78, 5) is 0. The topological polar surface area (TPSA) is 18.5 Å². The van der Waals surface area contributed by atoms with Gasteiger partial charge in [0.1, 0.15) is 0 Å². The van der Waals surface area contributed by atoms with Crippen LogP contribution in [0.2, 0.25) is 0 Å². The van der Waals surface area contributed by atoms with Crippen molar-refractivity contribution in [1.82, 2.24) is 0 Å². The molecule has 31 heavy (non-hydrogen) atoms. The zero-order chi connectivity index (χ0) is 22.0. The molecule has 4 rings (SSSR count). The highest BCUT2D eigenvalue weighted by molar-refractivity contribution is 5.86. The zero-order valence-corrected chi connectivity index (χ0v) is 18.4. The molecule has 1 aliphatic heterocycles. The monoisotopic (exact) mass is 432 g/mol. The van der Waals surface area contributed by atoms with Gasteiger partial charge in [-0.25, -0.2) is 13.2 Å². The summed E-state index contributed by atoms with van der Waals surface area (Å²) in [6.45, 7) is 4.15. The quantitative estimate of drug-likeness (QED) is 0.464. The van der Waals surface area contributed by atoms with E-state index in [2.05, 4.69) is 6.92 Å². The number of benzene rings is 2. The van der Waals surface area contributed by atoms with Crippen molar-refractivity contribution in [2.24, 2.45) is 5.92 Å². The van der Waals surface area contributed by atoms with Gasteiger partial charge in [0, 0.05) is 0 Å². The standard InChI is InChI=1S/C26H31F3O2/c1-3-5-20-12-10-19(15-31-20)16-6-8-17(9-7-16)21-14-18-11-13-22(30-4-2)25(28)23(18)26(29)24(21)27/h11,13-17,20H,3-10,12H2,1-2H3. The molecule has 2 aromatic carbocycles. The fraction of sp³-hybridized carbons (Fsp3) is 0.538. The Balaban J connectivity index is 1.50. The lowest BCUT2D eigenvalue weighted by atomic mass is 9.74. The minimum atomic E-state index is -1.11. The van der Waals surface area contributed by atoms with Crippen LogP contribution in [0.4, 0.5) is 13.2 Å². The van der Waals surface area contributed by atoms with E-state index in [1.54, 1.807) is 19.1 Å². The second-order valence-corrected chi connectivity index (χ2v) is 8.83. The summed E-state index contributed by atoms with van der Waals surface area (Å²) in [5.41, 5.74) is 1.73. The maximum absolute atomic E-state index is 15.0. The number of hydrogen-bond acceptors (Lipinski definition) is 2. The van der Waals surface area contributed by atoms with Gasteiger partial charge in [-0.05, 0) is 92.4 Å². The van der Waals surface area contributed by atoms with E-state index in [0.29, 0.717) is 23.0 Å². The van der Waals surface area contributed by atoms with Crippen LogP contribution >= 0.6 is 0 Å². The van der Waals surface area contributed by atoms with Gasteiger partial charge >= 0.3 is 0 Å². The Labute approximate surface area is 182 Å². The lowest BCUT2D eigenvalue weighted by molar-refractivity contribution is 0.104. The van der Waals surface area contributed by atoms with Crippen LogP contribution in [-0.4, -0.2) is 12.7 Å². The molecule has 1 saturated carbocycles. The molecular formula is C26H31F3O2. The molecule has 1 heterocycles. The maximum Gasteiger partial charge on any atom is 0.175 e. The summed E-state index contributed by atoms with van der Waals surface area (Å²) >= 11 is 0. The molecule has 0 saturated heterocycles. The van der Waals surface area contributed by atoms with Crippen LogP contribution in [0, 0.1) is 23.4 Å². The van der Waals surface area contributed by atoms with E-state index < -0.39 is 17.5 Å². The van der Waals surface area contributed by atoms with E-state index in [0.717, 1.165) is 51.4 Å². The number of halogens is 3. The van der Waals surface area contributed by atoms with Crippen LogP contribution < -0.4 is 4.74 Å². The Morgan fingerprint density at radius 2 is 1.68 bits per heavy atom. The van der Waals surface area contributed by atoms with Crippen molar-refractivity contribution in [3.63, 3.8) is 0 Å². The second kappa shape index (κ2) is 9.54. The third-order valence-electron chi connectivity index (χ3n) is 6.88. The van der Waals surface area contributed by atoms with Crippen molar-refractivity contribution in [3.8, 4) is 5.75 Å². The van der Waals surface area contributed by atoms with Crippen molar-refractivity contribution >= 4 is 10.8 Å². The van der Waals surface area contributed by atoms with Gasteiger partial charge < -0.3 is 9.47 Å². The third-order valence-corrected chi connectivity index (χ3v) is 6.88. The molecule has 0 spiro atoms. The molecule has 1 fully saturated rings. The first-order valence-electron chi connectivity index (χ1n) is 11.6. The summed E-state index contributed by atoms with van der Waals surface area (Å²) in [6, 6.07) is 4.72. The Morgan fingerprint density at radius 1 is 0.935 bits per heavy atom. The molecule has 2 aliphatic rings. The van der Waals surface area contributed by atoms with E-state index in [-0.39, 0.29) is 23.7 Å². The molecule has 0 aromatic heterocycles. The smallest absolute Gasteiger partial charge is 0.175 e. The Kier molecular flexibility index (Phi) is 6.78. The van der Waals surface area contributed by atoms with Crippen molar-refractivity contribution < 1.29 is 22.6 Å². The number of hydrogen-bond donors (Lipinski definition) is 0. The van der Waals surface area contributed by atoms with Gasteiger partial charge in [0.15, 0.2) is 23.2 Å². The van der Waals surface area contributed by atoms with Gasteiger partial charge in [-0.2, -0.15) is 0 Å². The van der Waals surface area contributed by atoms with Crippen molar-refractivity contribution in [2.45, 2.75) is 77.2 Å². The minimum absolute atomic E-state index is 0.0503. The van der Waals surface area contributed by atoms with E-state index >= 15 is 0 Å². The van der Waals surface area contributed by atoms with Crippen LogP contribution in [0.5, 0.6) is 5.75 Å². The fourth-order valence-electron chi connectivity index (χ4n) is 5.19. The van der Waals surface area contributed by atoms with Crippen LogP contribution in [0.3, 0.4) is 0 Å². The predicted octanol–water partition coefficient (Wildman–Crippen LogP) is 7.79. The summed E-state index contributed by atoms with van der Waals surface area (Å²) in [5, 5.41) is 0.0503. The van der Waals surface area contributed by atoms with E-state index in [9.17, 15) is 13.2 Å². The maximum atomic E-state index is 15.0. The lowest BCUT2D eigenvalue weighted by Crippen LogP contribution is -2.21. The highest BCUT2D eigenvalue weighted by Crippen LogP contribution is 2.43. The molecule has 0 bridgehead atoms. The van der Waals surface area contributed by atoms with Gasteiger partial charge in [-0.3, -0.25) is 0 Å². The molecule has 2 aromatic rings. The molecule has 0 N–H and O–H groups in total. The van der Waals surface area contributed by atoms with Gasteiger partial charge in [-0.1, -0.05) is 19.4 Å². The Bertz CT molecular complexity index is 961. The largest absolute Gasteiger partial charge is 0.498 e. The van der Waals surface area contributed by atoms with Crippen molar-refractivity contribution in [2.75, 3.05) is 6.61 Å². The molecule has 5 heteroatoms. The Hall–Kier alpha value is -2.17. The highest BCUT2D eigenvalue weighted by Gasteiger charge is 2.30. The van der Waals surface area contributed by atoms with E-state index in [1.807, 2.05) is 6.26 Å². The van der Waals surface area contributed by atoms with Crippen LogP contribution in [0.1, 0.15) is 76.7 Å². The van der Waals surface area contributed by atoms with Gasteiger partial charge in [0.25, 0.3) is 0 Å². The average molecular weight is 433 g/mol. The second-order valence-electron chi connectivity index (χ2n) is 8.83. The highest BCUT2D eigenvalue weighted by atomic mass is 19.2. The fourth-order valence-corrected chi connectivity index (χ4v) is 5.19. The molecule has 1 aliphatic carbocycles.